The lowest BCUT2D eigenvalue weighted by atomic mass is 10.1. The molecule has 0 atom stereocenters. The van der Waals surface area contributed by atoms with Crippen LogP contribution >= 0.6 is 0 Å². The Kier molecular flexibility index (Phi) is 5.13. The van der Waals surface area contributed by atoms with E-state index in [1.807, 2.05) is 10.8 Å². The molecule has 3 rings (SSSR count). The van der Waals surface area contributed by atoms with Gasteiger partial charge >= 0.3 is 12.1 Å². The zero-order valence-electron chi connectivity index (χ0n) is 14.6. The Labute approximate surface area is 156 Å². The van der Waals surface area contributed by atoms with Crippen LogP contribution in [0.2, 0.25) is 0 Å². The number of benzene rings is 2. The van der Waals surface area contributed by atoms with Crippen LogP contribution in [0.15, 0.2) is 59.5 Å². The Morgan fingerprint density at radius 3 is 2.30 bits per heavy atom. The van der Waals surface area contributed by atoms with Crippen LogP contribution in [0.5, 0.6) is 6.01 Å². The van der Waals surface area contributed by atoms with Crippen LogP contribution in [0.25, 0.3) is 11.1 Å². The van der Waals surface area contributed by atoms with Crippen LogP contribution in [-0.2, 0) is 10.0 Å². The van der Waals surface area contributed by atoms with E-state index in [4.69, 9.17) is 4.74 Å². The second-order valence-corrected chi connectivity index (χ2v) is 7.27. The van der Waals surface area contributed by atoms with Gasteiger partial charge in [0, 0.05) is 5.56 Å². The number of rotatable bonds is 4. The van der Waals surface area contributed by atoms with Gasteiger partial charge in [0.25, 0.3) is 10.0 Å². The average molecular weight is 384 g/mol. The molecule has 0 bridgehead atoms. The SMILES string of the molecule is Cc1nnc(OC(=O)NS(=O)(=O)c2ccccc2-c2ccccc2)nc1C. The van der Waals surface area contributed by atoms with E-state index in [-0.39, 0.29) is 10.9 Å². The van der Waals surface area contributed by atoms with Crippen LogP contribution in [0.4, 0.5) is 4.79 Å². The number of amides is 1. The number of aromatic nitrogens is 3. The molecule has 3 aromatic rings. The number of aryl methyl sites for hydroxylation is 2. The van der Waals surface area contributed by atoms with Crippen molar-refractivity contribution >= 4 is 16.1 Å². The number of carbonyl (C=O) groups is 1. The fourth-order valence-electron chi connectivity index (χ4n) is 2.31. The minimum absolute atomic E-state index is 0.0488. The zero-order valence-corrected chi connectivity index (χ0v) is 15.4. The molecule has 138 valence electrons. The number of nitrogens with one attached hydrogen (secondary N) is 1. The highest BCUT2D eigenvalue weighted by atomic mass is 32.2. The van der Waals surface area contributed by atoms with E-state index in [0.717, 1.165) is 0 Å². The molecule has 0 radical (unpaired) electrons. The van der Waals surface area contributed by atoms with Gasteiger partial charge in [-0.1, -0.05) is 53.6 Å². The number of hydrogen-bond donors (Lipinski definition) is 1. The van der Waals surface area contributed by atoms with Crippen molar-refractivity contribution < 1.29 is 17.9 Å². The van der Waals surface area contributed by atoms with E-state index in [1.165, 1.54) is 6.07 Å². The van der Waals surface area contributed by atoms with Gasteiger partial charge in [-0.15, -0.1) is 5.10 Å². The van der Waals surface area contributed by atoms with Gasteiger partial charge < -0.3 is 4.74 Å². The number of nitrogens with zero attached hydrogens (tertiary/aromatic N) is 3. The van der Waals surface area contributed by atoms with Crippen molar-refractivity contribution in [1.29, 1.82) is 0 Å². The van der Waals surface area contributed by atoms with Crippen molar-refractivity contribution in [3.05, 3.63) is 66.0 Å². The summed E-state index contributed by atoms with van der Waals surface area (Å²) in [6, 6.07) is 15.0. The quantitative estimate of drug-likeness (QED) is 0.736. The molecule has 0 saturated carbocycles. The molecule has 0 spiro atoms. The van der Waals surface area contributed by atoms with Gasteiger partial charge in [-0.2, -0.15) is 4.98 Å². The van der Waals surface area contributed by atoms with E-state index in [0.29, 0.717) is 22.5 Å². The summed E-state index contributed by atoms with van der Waals surface area (Å²) in [5, 5.41) is 7.38. The predicted molar refractivity (Wildman–Crippen MR) is 97.5 cm³/mol. The van der Waals surface area contributed by atoms with Crippen molar-refractivity contribution in [3.8, 4) is 17.1 Å². The molecule has 0 unspecified atom stereocenters. The van der Waals surface area contributed by atoms with Crippen LogP contribution in [-0.4, -0.2) is 29.7 Å². The Bertz CT molecular complexity index is 1090. The summed E-state index contributed by atoms with van der Waals surface area (Å²) in [5.74, 6) is 0. The third kappa shape index (κ3) is 4.26. The van der Waals surface area contributed by atoms with Crippen molar-refractivity contribution in [2.24, 2.45) is 0 Å². The van der Waals surface area contributed by atoms with Crippen molar-refractivity contribution in [1.82, 2.24) is 19.9 Å². The molecule has 1 aromatic heterocycles. The molecule has 0 fully saturated rings. The summed E-state index contributed by atoms with van der Waals surface area (Å²) in [6.45, 7) is 3.37. The van der Waals surface area contributed by atoms with Gasteiger partial charge in [0.05, 0.1) is 16.3 Å². The maximum Gasteiger partial charge on any atom is 0.429 e. The molecule has 0 aliphatic heterocycles. The molecule has 0 saturated heterocycles. The van der Waals surface area contributed by atoms with Crippen LogP contribution < -0.4 is 9.46 Å². The molecule has 9 heteroatoms. The van der Waals surface area contributed by atoms with Crippen molar-refractivity contribution in [2.75, 3.05) is 0 Å². The van der Waals surface area contributed by atoms with Gasteiger partial charge in [0.1, 0.15) is 0 Å². The van der Waals surface area contributed by atoms with Gasteiger partial charge in [-0.3, -0.25) is 0 Å². The van der Waals surface area contributed by atoms with Gasteiger partial charge in [-0.05, 0) is 25.5 Å². The van der Waals surface area contributed by atoms with E-state index in [9.17, 15) is 13.2 Å². The molecular formula is C18H16N4O4S. The predicted octanol–water partition coefficient (Wildman–Crippen LogP) is 2.63. The van der Waals surface area contributed by atoms with Gasteiger partial charge in [0.2, 0.25) is 0 Å². The first-order valence-corrected chi connectivity index (χ1v) is 9.42. The fraction of sp³-hybridized carbons (Fsp3) is 0.111. The summed E-state index contributed by atoms with van der Waals surface area (Å²) >= 11 is 0. The standard InChI is InChI=1S/C18H16N4O4S/c1-12-13(2)20-21-17(19-12)26-18(23)22-27(24,25)16-11-7-6-10-15(16)14-8-4-3-5-9-14/h3-11H,1-2H3,(H,22,23). The lowest BCUT2D eigenvalue weighted by molar-refractivity contribution is 0.202. The molecule has 27 heavy (non-hydrogen) atoms. The van der Waals surface area contributed by atoms with E-state index >= 15 is 0 Å². The Morgan fingerprint density at radius 1 is 0.926 bits per heavy atom. The molecule has 1 N–H and O–H groups in total. The first-order valence-electron chi connectivity index (χ1n) is 7.94. The monoisotopic (exact) mass is 384 g/mol. The highest BCUT2D eigenvalue weighted by Gasteiger charge is 2.23. The Hall–Kier alpha value is -3.33. The third-order valence-electron chi connectivity index (χ3n) is 3.74. The number of carbonyl (C=O) groups excluding carboxylic acids is 1. The number of sulfonamides is 1. The summed E-state index contributed by atoms with van der Waals surface area (Å²) in [6.07, 6.45) is -1.22. The molecule has 1 amide bonds. The molecule has 0 aliphatic rings. The number of hydrogen-bond acceptors (Lipinski definition) is 7. The minimum atomic E-state index is -4.18. The average Bonchev–Trinajstić information content (AvgIpc) is 2.65. The normalized spacial score (nSPS) is 11.0. The molecule has 1 heterocycles. The second-order valence-electron chi connectivity index (χ2n) is 5.62. The second kappa shape index (κ2) is 7.50. The lowest BCUT2D eigenvalue weighted by Crippen LogP contribution is -2.33. The Balaban J connectivity index is 1.85. The largest absolute Gasteiger partial charge is 0.429 e. The van der Waals surface area contributed by atoms with Gasteiger partial charge in [0.15, 0.2) is 0 Å². The molecule has 2 aromatic carbocycles. The summed E-state index contributed by atoms with van der Waals surface area (Å²) in [4.78, 5) is 15.9. The highest BCUT2D eigenvalue weighted by molar-refractivity contribution is 7.90. The molecular weight excluding hydrogens is 368 g/mol. The maximum absolute atomic E-state index is 12.7. The fourth-order valence-corrected chi connectivity index (χ4v) is 3.41. The van der Waals surface area contributed by atoms with E-state index in [1.54, 1.807) is 56.3 Å². The number of ether oxygens (including phenoxy) is 1. The lowest BCUT2D eigenvalue weighted by Gasteiger charge is -2.11. The smallest absolute Gasteiger partial charge is 0.372 e. The molecule has 0 aliphatic carbocycles. The third-order valence-corrected chi connectivity index (χ3v) is 5.11. The first-order chi connectivity index (χ1) is 12.9. The van der Waals surface area contributed by atoms with Crippen LogP contribution in [0, 0.1) is 13.8 Å². The van der Waals surface area contributed by atoms with Crippen LogP contribution in [0.3, 0.4) is 0 Å². The highest BCUT2D eigenvalue weighted by Crippen LogP contribution is 2.26. The molecule has 8 nitrogen and oxygen atoms in total. The van der Waals surface area contributed by atoms with Crippen molar-refractivity contribution in [3.63, 3.8) is 0 Å². The van der Waals surface area contributed by atoms with Crippen molar-refractivity contribution in [2.45, 2.75) is 18.7 Å². The first kappa shape index (κ1) is 18.5. The van der Waals surface area contributed by atoms with E-state index in [2.05, 4.69) is 15.2 Å². The summed E-state index contributed by atoms with van der Waals surface area (Å²) in [5.41, 5.74) is 2.26. The Morgan fingerprint density at radius 2 is 1.59 bits per heavy atom. The van der Waals surface area contributed by atoms with E-state index < -0.39 is 16.1 Å². The summed E-state index contributed by atoms with van der Waals surface area (Å²) in [7, 11) is -4.18. The maximum atomic E-state index is 12.7. The summed E-state index contributed by atoms with van der Waals surface area (Å²) < 4.78 is 32.1. The zero-order chi connectivity index (χ0) is 19.4. The topological polar surface area (TPSA) is 111 Å². The van der Waals surface area contributed by atoms with Gasteiger partial charge in [-0.25, -0.2) is 17.9 Å². The van der Waals surface area contributed by atoms with Crippen LogP contribution in [0.1, 0.15) is 11.4 Å². The minimum Gasteiger partial charge on any atom is -0.372 e.